The summed E-state index contributed by atoms with van der Waals surface area (Å²) in [6.07, 6.45) is -4.76. The van der Waals surface area contributed by atoms with Crippen molar-refractivity contribution >= 4 is 11.8 Å². The van der Waals surface area contributed by atoms with Gasteiger partial charge in [-0.05, 0) is 0 Å². The van der Waals surface area contributed by atoms with Crippen molar-refractivity contribution in [2.45, 2.75) is 12.1 Å². The molecule has 1 fully saturated rings. The van der Waals surface area contributed by atoms with Crippen LogP contribution in [0.2, 0.25) is 0 Å². The van der Waals surface area contributed by atoms with Gasteiger partial charge in [0.05, 0.1) is 5.75 Å². The Labute approximate surface area is 64.1 Å². The minimum Gasteiger partial charge on any atom is -0.205 e. The van der Waals surface area contributed by atoms with Crippen molar-refractivity contribution in [3.8, 4) is 0 Å². The molecule has 0 aromatic heterocycles. The Morgan fingerprint density at radius 3 is 2.00 bits per heavy atom. The Hall–Kier alpha value is -0.0000000000000000555. The maximum Gasteiger partial charge on any atom is 0.398 e. The number of halogens is 5. The minimum atomic E-state index is -4.76. The molecule has 6 heteroatoms. The van der Waals surface area contributed by atoms with E-state index in [2.05, 4.69) is 0 Å². The first-order chi connectivity index (χ1) is 4.84. The Kier molecular flexibility index (Phi) is 2.07. The van der Waals surface area contributed by atoms with Crippen LogP contribution in [0.15, 0.2) is 0 Å². The molecular formula is C5H5F5S. The summed E-state index contributed by atoms with van der Waals surface area (Å²) in [5, 5.41) is 0. The molecule has 0 aromatic carbocycles. The third kappa shape index (κ3) is 1.77. The van der Waals surface area contributed by atoms with Crippen molar-refractivity contribution in [2.75, 3.05) is 11.5 Å². The van der Waals surface area contributed by atoms with E-state index in [0.29, 0.717) is 11.8 Å². The summed E-state index contributed by atoms with van der Waals surface area (Å²) in [4.78, 5) is 0. The highest BCUT2D eigenvalue weighted by Gasteiger charge is 2.58. The van der Waals surface area contributed by atoms with E-state index in [1.54, 1.807) is 0 Å². The van der Waals surface area contributed by atoms with Crippen LogP contribution >= 0.6 is 11.8 Å². The van der Waals surface area contributed by atoms with Gasteiger partial charge >= 0.3 is 6.18 Å². The largest absolute Gasteiger partial charge is 0.398 e. The Bertz CT molecular complexity index is 151. The van der Waals surface area contributed by atoms with Crippen molar-refractivity contribution < 1.29 is 22.0 Å². The third-order valence-electron chi connectivity index (χ3n) is 1.48. The van der Waals surface area contributed by atoms with E-state index in [-0.39, 0.29) is 0 Å². The van der Waals surface area contributed by atoms with Gasteiger partial charge < -0.3 is 0 Å². The number of rotatable bonds is 0. The number of alkyl halides is 5. The molecule has 1 aliphatic rings. The van der Waals surface area contributed by atoms with Crippen LogP contribution in [0.5, 0.6) is 0 Å². The van der Waals surface area contributed by atoms with Crippen LogP contribution in [0, 0.1) is 5.92 Å². The van der Waals surface area contributed by atoms with Crippen LogP contribution < -0.4 is 0 Å². The molecule has 1 atom stereocenters. The smallest absolute Gasteiger partial charge is 0.205 e. The molecule has 0 amide bonds. The molecule has 0 spiro atoms. The molecule has 1 rings (SSSR count). The maximum atomic E-state index is 12.4. The van der Waals surface area contributed by atoms with Crippen molar-refractivity contribution in [1.29, 1.82) is 0 Å². The summed E-state index contributed by atoms with van der Waals surface area (Å²) in [6, 6.07) is 0. The summed E-state index contributed by atoms with van der Waals surface area (Å²) < 4.78 is 60.0. The van der Waals surface area contributed by atoms with E-state index in [1.807, 2.05) is 0 Å². The molecule has 1 unspecified atom stereocenters. The van der Waals surface area contributed by atoms with Gasteiger partial charge in [0.1, 0.15) is 5.92 Å². The molecule has 0 nitrogen and oxygen atoms in total. The van der Waals surface area contributed by atoms with Crippen LogP contribution in [0.3, 0.4) is 0 Å². The molecule has 0 aliphatic carbocycles. The van der Waals surface area contributed by atoms with Gasteiger partial charge in [0.15, 0.2) is 0 Å². The van der Waals surface area contributed by atoms with Crippen LogP contribution in [0.1, 0.15) is 0 Å². The van der Waals surface area contributed by atoms with Gasteiger partial charge in [0, 0.05) is 5.75 Å². The van der Waals surface area contributed by atoms with E-state index < -0.39 is 29.5 Å². The second-order valence-electron chi connectivity index (χ2n) is 2.37. The zero-order valence-corrected chi connectivity index (χ0v) is 6.11. The predicted octanol–water partition coefficient (Wildman–Crippen LogP) is 2.55. The van der Waals surface area contributed by atoms with Gasteiger partial charge in [-0.25, -0.2) is 8.78 Å². The number of hydrogen-bond donors (Lipinski definition) is 0. The first-order valence-electron chi connectivity index (χ1n) is 2.86. The van der Waals surface area contributed by atoms with Gasteiger partial charge in [-0.2, -0.15) is 24.9 Å². The summed E-state index contributed by atoms with van der Waals surface area (Å²) in [5.74, 6) is -7.24. The lowest BCUT2D eigenvalue weighted by Gasteiger charge is -2.20. The molecule has 11 heavy (non-hydrogen) atoms. The van der Waals surface area contributed by atoms with Gasteiger partial charge in [-0.1, -0.05) is 0 Å². The SMILES string of the molecule is FC(F)(F)C1CSCC1(F)F. The highest BCUT2D eigenvalue weighted by Crippen LogP contribution is 2.46. The summed E-state index contributed by atoms with van der Waals surface area (Å²) in [6.45, 7) is 0. The Morgan fingerprint density at radius 1 is 1.27 bits per heavy atom. The molecule has 0 saturated carbocycles. The number of hydrogen-bond acceptors (Lipinski definition) is 1. The first-order valence-corrected chi connectivity index (χ1v) is 4.02. The average Bonchev–Trinajstić information content (AvgIpc) is 2.06. The molecule has 0 bridgehead atoms. The Morgan fingerprint density at radius 2 is 1.82 bits per heavy atom. The second kappa shape index (κ2) is 2.50. The van der Waals surface area contributed by atoms with Gasteiger partial charge in [-0.3, -0.25) is 0 Å². The normalized spacial score (nSPS) is 30.8. The lowest BCUT2D eigenvalue weighted by Crippen LogP contribution is -2.37. The minimum absolute atomic E-state index is 0.517. The fraction of sp³-hybridized carbons (Fsp3) is 1.00. The van der Waals surface area contributed by atoms with Crippen molar-refractivity contribution in [2.24, 2.45) is 5.92 Å². The molecule has 0 N–H and O–H groups in total. The van der Waals surface area contributed by atoms with Gasteiger partial charge in [0.25, 0.3) is 5.92 Å². The monoisotopic (exact) mass is 192 g/mol. The quantitative estimate of drug-likeness (QED) is 0.531. The molecule has 1 heterocycles. The van der Waals surface area contributed by atoms with Crippen LogP contribution in [-0.2, 0) is 0 Å². The first kappa shape index (κ1) is 9.09. The number of thioether (sulfide) groups is 1. The van der Waals surface area contributed by atoms with E-state index in [4.69, 9.17) is 0 Å². The second-order valence-corrected chi connectivity index (χ2v) is 3.40. The fourth-order valence-electron chi connectivity index (χ4n) is 0.869. The molecule has 1 aliphatic heterocycles. The zero-order chi connectivity index (χ0) is 8.70. The third-order valence-corrected chi connectivity index (χ3v) is 2.64. The lowest BCUT2D eigenvalue weighted by atomic mass is 10.1. The molecule has 0 aromatic rings. The Balaban J connectivity index is 2.73. The van der Waals surface area contributed by atoms with E-state index in [9.17, 15) is 22.0 Å². The molecule has 66 valence electrons. The summed E-state index contributed by atoms with van der Waals surface area (Å²) >= 11 is 0.646. The molecule has 1 saturated heterocycles. The fourth-order valence-corrected chi connectivity index (χ4v) is 2.13. The summed E-state index contributed by atoms with van der Waals surface area (Å²) in [7, 11) is 0. The highest BCUT2D eigenvalue weighted by atomic mass is 32.2. The van der Waals surface area contributed by atoms with Crippen molar-refractivity contribution in [1.82, 2.24) is 0 Å². The van der Waals surface area contributed by atoms with Crippen molar-refractivity contribution in [3.05, 3.63) is 0 Å². The average molecular weight is 192 g/mol. The standard InChI is InChI=1S/C5H5F5S/c6-4(7)2-11-1-3(4)5(8,9)10/h3H,1-2H2. The maximum absolute atomic E-state index is 12.4. The van der Waals surface area contributed by atoms with Crippen LogP contribution in [0.25, 0.3) is 0 Å². The topological polar surface area (TPSA) is 0 Å². The van der Waals surface area contributed by atoms with Crippen molar-refractivity contribution in [3.63, 3.8) is 0 Å². The van der Waals surface area contributed by atoms with Crippen LogP contribution in [0.4, 0.5) is 22.0 Å². The van der Waals surface area contributed by atoms with E-state index >= 15 is 0 Å². The highest BCUT2D eigenvalue weighted by molar-refractivity contribution is 7.99. The van der Waals surface area contributed by atoms with E-state index in [0.717, 1.165) is 0 Å². The van der Waals surface area contributed by atoms with Gasteiger partial charge in [0.2, 0.25) is 0 Å². The lowest BCUT2D eigenvalue weighted by molar-refractivity contribution is -0.221. The summed E-state index contributed by atoms with van der Waals surface area (Å²) in [5.41, 5.74) is 0. The molecular weight excluding hydrogens is 187 g/mol. The van der Waals surface area contributed by atoms with Gasteiger partial charge in [-0.15, -0.1) is 0 Å². The predicted molar refractivity (Wildman–Crippen MR) is 31.8 cm³/mol. The van der Waals surface area contributed by atoms with Crippen LogP contribution in [-0.4, -0.2) is 23.6 Å². The zero-order valence-electron chi connectivity index (χ0n) is 5.29. The van der Waals surface area contributed by atoms with E-state index in [1.165, 1.54) is 0 Å². The molecule has 0 radical (unpaired) electrons.